The maximum Gasteiger partial charge on any atom is 0.220 e. The number of aromatic nitrogens is 5. The van der Waals surface area contributed by atoms with Crippen LogP contribution in [0.5, 0.6) is 0 Å². The predicted octanol–water partition coefficient (Wildman–Crippen LogP) is 2.03. The number of hydrogen-bond donors (Lipinski definition) is 5. The van der Waals surface area contributed by atoms with E-state index in [-0.39, 0.29) is 11.9 Å². The average Bonchev–Trinajstić information content (AvgIpc) is 3.38. The fraction of sp³-hybridized carbons (Fsp3) is 0.200. The fourth-order valence-electron chi connectivity index (χ4n) is 3.08. The summed E-state index contributed by atoms with van der Waals surface area (Å²) in [5, 5.41) is 10.6. The molecule has 9 nitrogen and oxygen atoms in total. The fourth-order valence-corrected chi connectivity index (χ4v) is 3.08. The Morgan fingerprint density at radius 1 is 1.21 bits per heavy atom. The number of carbonyl (C=O) groups is 1. The van der Waals surface area contributed by atoms with Crippen LogP contribution in [-0.2, 0) is 11.3 Å². The van der Waals surface area contributed by atoms with Crippen LogP contribution < -0.4 is 16.8 Å². The van der Waals surface area contributed by atoms with Crippen molar-refractivity contribution >= 4 is 22.6 Å². The van der Waals surface area contributed by atoms with Gasteiger partial charge in [-0.1, -0.05) is 12.1 Å². The first-order valence-electron chi connectivity index (χ1n) is 9.31. The number of hydrogen-bond acceptors (Lipinski definition) is 6. The zero-order valence-electron chi connectivity index (χ0n) is 15.7. The van der Waals surface area contributed by atoms with Gasteiger partial charge in [-0.15, -0.1) is 0 Å². The van der Waals surface area contributed by atoms with E-state index in [1.54, 1.807) is 12.4 Å². The van der Waals surface area contributed by atoms with Gasteiger partial charge >= 0.3 is 0 Å². The lowest BCUT2D eigenvalue weighted by Gasteiger charge is -2.09. The Morgan fingerprint density at radius 2 is 2.10 bits per heavy atom. The van der Waals surface area contributed by atoms with E-state index in [2.05, 4.69) is 30.5 Å². The van der Waals surface area contributed by atoms with E-state index in [0.29, 0.717) is 31.0 Å². The molecule has 0 bridgehead atoms. The van der Waals surface area contributed by atoms with Crippen molar-refractivity contribution < 1.29 is 4.79 Å². The number of rotatable bonds is 7. The number of pyridine rings is 1. The number of imidazole rings is 1. The van der Waals surface area contributed by atoms with Gasteiger partial charge in [-0.25, -0.2) is 4.98 Å². The Bertz CT molecular complexity index is 1120. The van der Waals surface area contributed by atoms with Crippen molar-refractivity contribution in [2.24, 2.45) is 5.73 Å². The van der Waals surface area contributed by atoms with Crippen molar-refractivity contribution in [3.63, 3.8) is 0 Å². The molecule has 0 radical (unpaired) electrons. The highest BCUT2D eigenvalue weighted by atomic mass is 16.1. The van der Waals surface area contributed by atoms with Crippen molar-refractivity contribution in [1.29, 1.82) is 0 Å². The first-order chi connectivity index (χ1) is 14.1. The second kappa shape index (κ2) is 8.11. The van der Waals surface area contributed by atoms with Crippen LogP contribution in [0.2, 0.25) is 0 Å². The van der Waals surface area contributed by atoms with Crippen molar-refractivity contribution in [3.8, 4) is 11.3 Å². The van der Waals surface area contributed by atoms with Crippen molar-refractivity contribution in [1.82, 2.24) is 30.5 Å². The molecule has 0 saturated heterocycles. The molecule has 1 amide bonds. The standard InChI is InChI=1S/C20H22N8O/c21-15(6-7-18(29)24-10-13-3-1-2-8-23-13)20-25-11-17(26-20)12-4-5-14-16(9-12)27-28-19(14)22/h1-5,8-9,11,15H,6-7,10,21H2,(H,24,29)(H,25,26)(H3,22,27,28)/t15-/m0/s1. The lowest BCUT2D eigenvalue weighted by Crippen LogP contribution is -2.24. The second-order valence-electron chi connectivity index (χ2n) is 6.79. The molecule has 29 heavy (non-hydrogen) atoms. The molecule has 0 aliphatic heterocycles. The van der Waals surface area contributed by atoms with Gasteiger partial charge in [0.1, 0.15) is 5.82 Å². The molecule has 4 rings (SSSR count). The number of carbonyl (C=O) groups excluding carboxylic acids is 1. The third-order valence-corrected chi connectivity index (χ3v) is 4.73. The van der Waals surface area contributed by atoms with Crippen molar-refractivity contribution in [2.75, 3.05) is 5.73 Å². The highest BCUT2D eigenvalue weighted by Crippen LogP contribution is 2.25. The predicted molar refractivity (Wildman–Crippen MR) is 110 cm³/mol. The van der Waals surface area contributed by atoms with Crippen molar-refractivity contribution in [3.05, 3.63) is 60.3 Å². The minimum absolute atomic E-state index is 0.0693. The number of H-pyrrole nitrogens is 2. The largest absolute Gasteiger partial charge is 0.382 e. The van der Waals surface area contributed by atoms with Gasteiger partial charge in [0, 0.05) is 23.6 Å². The summed E-state index contributed by atoms with van der Waals surface area (Å²) >= 11 is 0. The van der Waals surface area contributed by atoms with E-state index in [1.165, 1.54) is 0 Å². The number of anilines is 1. The average molecular weight is 390 g/mol. The minimum atomic E-state index is -0.365. The molecular formula is C20H22N8O. The molecule has 0 spiro atoms. The number of nitrogens with two attached hydrogens (primary N) is 2. The zero-order chi connectivity index (χ0) is 20.2. The van der Waals surface area contributed by atoms with E-state index in [9.17, 15) is 4.79 Å². The molecule has 1 atom stereocenters. The molecule has 3 heterocycles. The van der Waals surface area contributed by atoms with Crippen LogP contribution in [0.15, 0.2) is 48.8 Å². The van der Waals surface area contributed by atoms with Crippen LogP contribution in [-0.4, -0.2) is 31.1 Å². The van der Waals surface area contributed by atoms with Crippen LogP contribution in [0.25, 0.3) is 22.2 Å². The maximum atomic E-state index is 12.1. The lowest BCUT2D eigenvalue weighted by atomic mass is 10.1. The third kappa shape index (κ3) is 4.25. The van der Waals surface area contributed by atoms with Gasteiger partial charge in [-0.3, -0.25) is 14.9 Å². The lowest BCUT2D eigenvalue weighted by molar-refractivity contribution is -0.121. The van der Waals surface area contributed by atoms with E-state index < -0.39 is 0 Å². The maximum absolute atomic E-state index is 12.1. The Hall–Kier alpha value is -3.72. The van der Waals surface area contributed by atoms with Gasteiger partial charge in [0.05, 0.1) is 35.7 Å². The van der Waals surface area contributed by atoms with Gasteiger partial charge in [0.2, 0.25) is 5.91 Å². The Kier molecular flexibility index (Phi) is 5.21. The number of nitrogens with one attached hydrogen (secondary N) is 3. The van der Waals surface area contributed by atoms with Crippen LogP contribution in [0.4, 0.5) is 5.82 Å². The quantitative estimate of drug-likeness (QED) is 0.326. The summed E-state index contributed by atoms with van der Waals surface area (Å²) in [6, 6.07) is 11.0. The summed E-state index contributed by atoms with van der Waals surface area (Å²) in [6.07, 6.45) is 4.22. The summed E-state index contributed by atoms with van der Waals surface area (Å²) in [5.41, 5.74) is 15.5. The summed E-state index contributed by atoms with van der Waals surface area (Å²) in [7, 11) is 0. The van der Waals surface area contributed by atoms with Gasteiger partial charge in [0.25, 0.3) is 0 Å². The topological polar surface area (TPSA) is 151 Å². The molecule has 0 fully saturated rings. The number of benzene rings is 1. The molecule has 0 aliphatic rings. The summed E-state index contributed by atoms with van der Waals surface area (Å²) in [4.78, 5) is 23.9. The van der Waals surface area contributed by atoms with Gasteiger partial charge < -0.3 is 21.8 Å². The molecule has 7 N–H and O–H groups in total. The van der Waals surface area contributed by atoms with Crippen LogP contribution in [0, 0.1) is 0 Å². The van der Waals surface area contributed by atoms with Gasteiger partial charge in [-0.2, -0.15) is 5.10 Å². The Balaban J connectivity index is 1.34. The molecular weight excluding hydrogens is 368 g/mol. The molecule has 1 aromatic carbocycles. The Morgan fingerprint density at radius 3 is 2.93 bits per heavy atom. The summed E-state index contributed by atoms with van der Waals surface area (Å²) in [5.74, 6) is 1.04. The second-order valence-corrected chi connectivity index (χ2v) is 6.79. The number of nitrogens with zero attached hydrogens (tertiary/aromatic N) is 3. The number of nitrogen functional groups attached to an aromatic ring is 1. The number of fused-ring (bicyclic) bond motifs is 1. The molecule has 4 aromatic rings. The summed E-state index contributed by atoms with van der Waals surface area (Å²) < 4.78 is 0. The first kappa shape index (κ1) is 18.6. The third-order valence-electron chi connectivity index (χ3n) is 4.73. The monoisotopic (exact) mass is 390 g/mol. The molecule has 0 unspecified atom stereocenters. The van der Waals surface area contributed by atoms with Crippen LogP contribution in [0.3, 0.4) is 0 Å². The minimum Gasteiger partial charge on any atom is -0.382 e. The molecule has 9 heteroatoms. The molecule has 0 saturated carbocycles. The van der Waals surface area contributed by atoms with E-state index in [0.717, 1.165) is 27.9 Å². The molecule has 0 aliphatic carbocycles. The number of aromatic amines is 2. The highest BCUT2D eigenvalue weighted by molar-refractivity contribution is 5.91. The van der Waals surface area contributed by atoms with Crippen LogP contribution in [0.1, 0.15) is 30.4 Å². The number of amides is 1. The van der Waals surface area contributed by atoms with E-state index in [4.69, 9.17) is 11.5 Å². The normalized spacial score (nSPS) is 12.2. The summed E-state index contributed by atoms with van der Waals surface area (Å²) in [6.45, 7) is 0.403. The van der Waals surface area contributed by atoms with E-state index >= 15 is 0 Å². The molecule has 148 valence electrons. The SMILES string of the molecule is Nc1n[nH]c2cc(-c3cnc([C@@H](N)CCC(=O)NCc4ccccn4)[nH]3)ccc12. The Labute approximate surface area is 166 Å². The van der Waals surface area contributed by atoms with Crippen molar-refractivity contribution in [2.45, 2.75) is 25.4 Å². The van der Waals surface area contributed by atoms with Gasteiger partial charge in [-0.05, 0) is 30.7 Å². The van der Waals surface area contributed by atoms with Crippen LogP contribution >= 0.6 is 0 Å². The van der Waals surface area contributed by atoms with E-state index in [1.807, 2.05) is 36.4 Å². The van der Waals surface area contributed by atoms with Gasteiger partial charge in [0.15, 0.2) is 5.82 Å². The zero-order valence-corrected chi connectivity index (χ0v) is 15.7. The first-order valence-corrected chi connectivity index (χ1v) is 9.31. The highest BCUT2D eigenvalue weighted by Gasteiger charge is 2.14. The molecule has 3 aromatic heterocycles. The smallest absolute Gasteiger partial charge is 0.220 e.